The summed E-state index contributed by atoms with van der Waals surface area (Å²) in [6.45, 7) is 3.35. The summed E-state index contributed by atoms with van der Waals surface area (Å²) in [7, 11) is 0. The Balaban J connectivity index is 1.35. The summed E-state index contributed by atoms with van der Waals surface area (Å²) in [5.74, 6) is 0.198. The first-order valence-electron chi connectivity index (χ1n) is 10.9. The molecule has 2 heterocycles. The highest BCUT2D eigenvalue weighted by Gasteiger charge is 2.29. The average molecular weight is 417 g/mol. The Bertz CT molecular complexity index is 1010. The Labute approximate surface area is 183 Å². The molecule has 0 radical (unpaired) electrons. The van der Waals surface area contributed by atoms with Gasteiger partial charge in [-0.05, 0) is 36.5 Å². The van der Waals surface area contributed by atoms with Crippen molar-refractivity contribution in [1.82, 2.24) is 10.2 Å². The van der Waals surface area contributed by atoms with Crippen molar-refractivity contribution < 1.29 is 14.0 Å². The Kier molecular flexibility index (Phi) is 6.51. The van der Waals surface area contributed by atoms with E-state index in [1.165, 1.54) is 0 Å². The fourth-order valence-electron chi connectivity index (χ4n) is 4.28. The van der Waals surface area contributed by atoms with E-state index < -0.39 is 0 Å². The Morgan fingerprint density at radius 1 is 1.00 bits per heavy atom. The third-order valence-electron chi connectivity index (χ3n) is 6.01. The molecule has 0 bridgehead atoms. The lowest BCUT2D eigenvalue weighted by atomic mass is 9.93. The lowest BCUT2D eigenvalue weighted by molar-refractivity contribution is -0.134. The largest absolute Gasteiger partial charge is 0.459 e. The van der Waals surface area contributed by atoms with Crippen LogP contribution in [0.2, 0.25) is 0 Å². The molecule has 0 saturated carbocycles. The van der Waals surface area contributed by atoms with Crippen LogP contribution in [0.25, 0.3) is 11.1 Å². The lowest BCUT2D eigenvalue weighted by Gasteiger charge is -2.34. The summed E-state index contributed by atoms with van der Waals surface area (Å²) in [5, 5.41) is 3.10. The lowest BCUT2D eigenvalue weighted by Crippen LogP contribution is -2.47. The van der Waals surface area contributed by atoms with E-state index in [0.29, 0.717) is 18.8 Å². The van der Waals surface area contributed by atoms with Gasteiger partial charge in [0.05, 0.1) is 12.2 Å². The SMILES string of the molecule is CCC(C(=O)N1CCC(NC(=O)c2occc2-c2ccccc2)CC1)c1ccccc1. The minimum absolute atomic E-state index is 0.0297. The standard InChI is InChI=1S/C26H28N2O3/c1-2-22(19-9-5-3-6-10-19)26(30)28-16-13-21(14-17-28)27-25(29)24-23(15-18-31-24)20-11-7-4-8-12-20/h3-12,15,18,21-22H,2,13-14,16-17H2,1H3,(H,27,29). The van der Waals surface area contributed by atoms with Gasteiger partial charge in [0, 0.05) is 24.7 Å². The molecule has 1 unspecified atom stereocenters. The molecule has 5 heteroatoms. The molecular formula is C26H28N2O3. The Hall–Kier alpha value is -3.34. The Morgan fingerprint density at radius 2 is 1.65 bits per heavy atom. The van der Waals surface area contributed by atoms with E-state index >= 15 is 0 Å². The number of likely N-dealkylation sites (tertiary alicyclic amines) is 1. The van der Waals surface area contributed by atoms with E-state index in [4.69, 9.17) is 4.42 Å². The maximum atomic E-state index is 13.1. The van der Waals surface area contributed by atoms with E-state index in [0.717, 1.165) is 36.0 Å². The summed E-state index contributed by atoms with van der Waals surface area (Å²) >= 11 is 0. The van der Waals surface area contributed by atoms with E-state index in [1.54, 1.807) is 6.26 Å². The van der Waals surface area contributed by atoms with Gasteiger partial charge in [-0.2, -0.15) is 0 Å². The smallest absolute Gasteiger partial charge is 0.287 e. The van der Waals surface area contributed by atoms with E-state index in [9.17, 15) is 9.59 Å². The molecule has 1 atom stereocenters. The summed E-state index contributed by atoms with van der Waals surface area (Å²) < 4.78 is 5.50. The molecule has 160 valence electrons. The zero-order chi connectivity index (χ0) is 21.6. The molecule has 1 aromatic heterocycles. The molecule has 1 N–H and O–H groups in total. The maximum Gasteiger partial charge on any atom is 0.287 e. The van der Waals surface area contributed by atoms with Crippen LogP contribution in [0.3, 0.4) is 0 Å². The van der Waals surface area contributed by atoms with Gasteiger partial charge in [-0.3, -0.25) is 9.59 Å². The van der Waals surface area contributed by atoms with E-state index in [-0.39, 0.29) is 23.8 Å². The first-order valence-corrected chi connectivity index (χ1v) is 10.9. The quantitative estimate of drug-likeness (QED) is 0.624. The minimum atomic E-state index is -0.204. The highest BCUT2D eigenvalue weighted by molar-refractivity contribution is 5.98. The van der Waals surface area contributed by atoms with Crippen molar-refractivity contribution in [1.29, 1.82) is 0 Å². The third-order valence-corrected chi connectivity index (χ3v) is 6.01. The van der Waals surface area contributed by atoms with Crippen LogP contribution in [-0.4, -0.2) is 35.8 Å². The van der Waals surface area contributed by atoms with Gasteiger partial charge < -0.3 is 14.6 Å². The van der Waals surface area contributed by atoms with Crippen molar-refractivity contribution >= 4 is 11.8 Å². The molecule has 2 aromatic carbocycles. The fraction of sp³-hybridized carbons (Fsp3) is 0.308. The number of rotatable bonds is 6. The van der Waals surface area contributed by atoms with Crippen LogP contribution >= 0.6 is 0 Å². The number of carbonyl (C=O) groups is 2. The number of nitrogens with zero attached hydrogens (tertiary/aromatic N) is 1. The van der Waals surface area contributed by atoms with Gasteiger partial charge in [-0.1, -0.05) is 67.6 Å². The predicted molar refractivity (Wildman–Crippen MR) is 121 cm³/mol. The number of amides is 2. The monoisotopic (exact) mass is 416 g/mol. The predicted octanol–water partition coefficient (Wildman–Crippen LogP) is 4.86. The first kappa shape index (κ1) is 20.9. The molecule has 31 heavy (non-hydrogen) atoms. The zero-order valence-electron chi connectivity index (χ0n) is 17.8. The maximum absolute atomic E-state index is 13.1. The molecular weight excluding hydrogens is 388 g/mol. The second kappa shape index (κ2) is 9.65. The molecule has 0 spiro atoms. The van der Waals surface area contributed by atoms with Crippen molar-refractivity contribution in [3.05, 3.63) is 84.3 Å². The summed E-state index contributed by atoms with van der Waals surface area (Å²) in [5.41, 5.74) is 2.81. The number of furan rings is 1. The highest BCUT2D eigenvalue weighted by Crippen LogP contribution is 2.26. The number of nitrogens with one attached hydrogen (secondary N) is 1. The van der Waals surface area contributed by atoms with Gasteiger partial charge in [0.25, 0.3) is 5.91 Å². The highest BCUT2D eigenvalue weighted by atomic mass is 16.3. The van der Waals surface area contributed by atoms with Crippen molar-refractivity contribution in [2.24, 2.45) is 0 Å². The number of piperidine rings is 1. The van der Waals surface area contributed by atoms with Gasteiger partial charge in [-0.25, -0.2) is 0 Å². The van der Waals surface area contributed by atoms with Gasteiger partial charge in [-0.15, -0.1) is 0 Å². The Morgan fingerprint density at radius 3 is 2.29 bits per heavy atom. The number of hydrogen-bond donors (Lipinski definition) is 1. The van der Waals surface area contributed by atoms with Crippen LogP contribution in [0.15, 0.2) is 77.4 Å². The van der Waals surface area contributed by atoms with Crippen LogP contribution < -0.4 is 5.32 Å². The van der Waals surface area contributed by atoms with Gasteiger partial charge in [0.2, 0.25) is 5.91 Å². The second-order valence-electron chi connectivity index (χ2n) is 7.97. The third kappa shape index (κ3) is 4.71. The van der Waals surface area contributed by atoms with Crippen LogP contribution in [0.5, 0.6) is 0 Å². The van der Waals surface area contributed by atoms with Gasteiger partial charge in [0.1, 0.15) is 0 Å². The zero-order valence-corrected chi connectivity index (χ0v) is 17.8. The number of benzene rings is 2. The molecule has 0 aliphatic carbocycles. The van der Waals surface area contributed by atoms with Crippen molar-refractivity contribution in [3.63, 3.8) is 0 Å². The molecule has 1 aliphatic rings. The van der Waals surface area contributed by atoms with Crippen LogP contribution in [0.1, 0.15) is 48.2 Å². The molecule has 1 fully saturated rings. The fourth-order valence-corrected chi connectivity index (χ4v) is 4.28. The summed E-state index contributed by atoms with van der Waals surface area (Å²) in [6.07, 6.45) is 3.81. The molecule has 1 saturated heterocycles. The van der Waals surface area contributed by atoms with E-state index in [2.05, 4.69) is 12.2 Å². The topological polar surface area (TPSA) is 62.6 Å². The first-order chi connectivity index (χ1) is 15.2. The van der Waals surface area contributed by atoms with Crippen LogP contribution in [0.4, 0.5) is 0 Å². The minimum Gasteiger partial charge on any atom is -0.459 e. The van der Waals surface area contributed by atoms with Gasteiger partial charge in [0.15, 0.2) is 5.76 Å². The molecule has 5 nitrogen and oxygen atoms in total. The van der Waals surface area contributed by atoms with Crippen LogP contribution in [-0.2, 0) is 4.79 Å². The summed E-state index contributed by atoms with van der Waals surface area (Å²) in [6, 6.07) is 21.6. The van der Waals surface area contributed by atoms with Crippen molar-refractivity contribution in [2.45, 2.75) is 38.1 Å². The molecule has 1 aliphatic heterocycles. The molecule has 3 aromatic rings. The number of hydrogen-bond acceptors (Lipinski definition) is 3. The van der Waals surface area contributed by atoms with E-state index in [1.807, 2.05) is 71.6 Å². The van der Waals surface area contributed by atoms with Crippen molar-refractivity contribution in [2.75, 3.05) is 13.1 Å². The van der Waals surface area contributed by atoms with Crippen molar-refractivity contribution in [3.8, 4) is 11.1 Å². The molecule has 2 amide bonds. The van der Waals surface area contributed by atoms with Crippen LogP contribution in [0, 0.1) is 0 Å². The number of carbonyl (C=O) groups excluding carboxylic acids is 2. The second-order valence-corrected chi connectivity index (χ2v) is 7.97. The van der Waals surface area contributed by atoms with Gasteiger partial charge >= 0.3 is 0 Å². The normalized spacial score (nSPS) is 15.5. The molecule has 4 rings (SSSR count). The average Bonchev–Trinajstić information content (AvgIpc) is 3.31. The summed E-state index contributed by atoms with van der Waals surface area (Å²) in [4.78, 5) is 27.8.